The molecule has 17 rings (SSSR count). The Morgan fingerprint density at radius 1 is 0.474 bits per heavy atom. The molecule has 97 heavy (non-hydrogen) atoms. The molecule has 2 aliphatic heterocycles. The predicted octanol–water partition coefficient (Wildman–Crippen LogP) is 11.8. The van der Waals surface area contributed by atoms with Gasteiger partial charge < -0.3 is 43.0 Å². The maximum atomic E-state index is 6.32. The third-order valence-electron chi connectivity index (χ3n) is 16.8. The summed E-state index contributed by atoms with van der Waals surface area (Å²) in [6, 6.07) is 41.9. The largest absolute Gasteiger partial charge is 0.382 e. The number of hydrogen-bond acceptors (Lipinski definition) is 20. The zero-order valence-electron chi connectivity index (χ0n) is 53.0. The van der Waals surface area contributed by atoms with Crippen LogP contribution in [0, 0.1) is 0 Å². The minimum Gasteiger partial charge on any atom is -0.382 e. The van der Waals surface area contributed by atoms with Crippen LogP contribution in [-0.4, -0.2) is 122 Å². The number of anilines is 5. The van der Waals surface area contributed by atoms with Crippen LogP contribution in [0.1, 0.15) is 51.0 Å². The Balaban J connectivity index is 0.000000119. The number of H-pyrrole nitrogens is 1. The summed E-state index contributed by atoms with van der Waals surface area (Å²) in [6.45, 7) is 5.52. The molecule has 2 aliphatic rings. The molecule has 0 aliphatic carbocycles. The van der Waals surface area contributed by atoms with Crippen molar-refractivity contribution in [2.75, 3.05) is 60.7 Å². The lowest BCUT2D eigenvalue weighted by molar-refractivity contribution is -0.0384. The maximum Gasteiger partial charge on any atom is 0.152 e. The quantitative estimate of drug-likeness (QED) is 0.0469. The average molecular weight is 1360 g/mol. The van der Waals surface area contributed by atoms with E-state index in [2.05, 4.69) is 135 Å². The second-order valence-electron chi connectivity index (χ2n) is 23.3. The van der Waals surface area contributed by atoms with Crippen LogP contribution in [0.2, 0.25) is 0 Å². The lowest BCUT2D eigenvalue weighted by Crippen LogP contribution is -2.19. The van der Waals surface area contributed by atoms with Gasteiger partial charge in [-0.1, -0.05) is 54.6 Å². The minimum absolute atomic E-state index is 0.00977. The van der Waals surface area contributed by atoms with Gasteiger partial charge in [0.1, 0.15) is 32.8 Å². The number of nitrogens with two attached hydrogens (primary N) is 4. The first kappa shape index (κ1) is 63.2. The Bertz CT molecular complexity index is 5120. The van der Waals surface area contributed by atoms with Crippen molar-refractivity contribution in [3.8, 4) is 33.8 Å². The molecule has 12 aromatic heterocycles. The Kier molecular flexibility index (Phi) is 19.0. The fraction of sp³-hybridized carbons (Fsp3) is 0.229. The number of aromatic nitrogens is 18. The highest BCUT2D eigenvalue weighted by Crippen LogP contribution is 2.36. The number of nitrogen functional groups attached to an aromatic ring is 3. The van der Waals surface area contributed by atoms with E-state index in [4.69, 9.17) is 32.4 Å². The molecular formula is C70H71BrN24O2. The normalized spacial score (nSPS) is 14.7. The van der Waals surface area contributed by atoms with E-state index in [0.29, 0.717) is 62.2 Å². The topological polar surface area (TPSA) is 342 Å². The van der Waals surface area contributed by atoms with E-state index >= 15 is 0 Å². The summed E-state index contributed by atoms with van der Waals surface area (Å²) in [5.74, 6) is 2.98. The monoisotopic (exact) mass is 1360 g/mol. The molecule has 0 amide bonds. The Labute approximate surface area is 564 Å². The molecule has 0 radical (unpaired) electrons. The molecule has 2 saturated heterocycles. The molecule has 15 aromatic rings. The Morgan fingerprint density at radius 2 is 0.928 bits per heavy atom. The van der Waals surface area contributed by atoms with Gasteiger partial charge in [0, 0.05) is 138 Å². The first-order valence-corrected chi connectivity index (χ1v) is 33.0. The number of hydrogen-bond donors (Lipinski definition) is 7. The first-order valence-electron chi connectivity index (χ1n) is 32.2. The molecular weight excluding hydrogens is 1290 g/mol. The number of nitrogens with zero attached hydrogens (tertiary/aromatic N) is 17. The second-order valence-corrected chi connectivity index (χ2v) is 24.1. The van der Waals surface area contributed by atoms with E-state index in [9.17, 15) is 0 Å². The van der Waals surface area contributed by atoms with Crippen molar-refractivity contribution in [3.63, 3.8) is 0 Å². The third-order valence-corrected chi connectivity index (χ3v) is 17.3. The van der Waals surface area contributed by atoms with Crippen molar-refractivity contribution in [1.82, 2.24) is 89.0 Å². The number of benzene rings is 3. The van der Waals surface area contributed by atoms with Crippen LogP contribution >= 0.6 is 15.9 Å². The summed E-state index contributed by atoms with van der Waals surface area (Å²) in [5, 5.41) is 42.5. The SMILES string of the molecule is Brc1ccccn1.NCCn1cc2c(n1)c(N)nc1cc(-c3ccnn3C3CCCCO3)ccc12.Nc1nc2cc(-c3ccn[nH]3)ccc2c2cn(CCNc3ccccn3)nc12.Nc1nc2cc(-c3ccnn3C3CCCCO3)ccc2c2cn(CCNc3ccccn3)nc12. The standard InChI is InChI=1S/C25H26N8O.C20H18N8.C20H23N7O.C5H4BrN/c26-25-24-19(16-32(31-24)13-12-28-22-5-1-3-10-27-22)18-8-7-17(15-20(18)30-25)21-9-11-29-33(21)23-6-2-4-14-34-23;21-20-19-15(12-28(27-19)10-9-23-18-3-1-2-7-22-18)14-5-4-13(11-17(14)25-20)16-6-8-24-26-16;21-7-9-26-12-15-14-5-4-13(11-16(14)24-20(22)19(15)25-26)17-6-8-23-27(17)18-3-1-2-10-28-18;6-5-3-1-2-4-7-5/h1,3,5,7-11,15-16,23H,2,4,6,12-14H2,(H2,26,30)(H,27,28);1-8,11-12H,9-10H2,(H2,21,25)(H,22,23)(H,24,26);4-6,8,11-12,18H,1-3,7,9-10,21H2,(H2,22,24);1-4H. The van der Waals surface area contributed by atoms with E-state index in [1.807, 2.05) is 139 Å². The van der Waals surface area contributed by atoms with E-state index in [1.165, 1.54) is 0 Å². The Morgan fingerprint density at radius 3 is 1.32 bits per heavy atom. The molecule has 0 bridgehead atoms. The van der Waals surface area contributed by atoms with Crippen molar-refractivity contribution < 1.29 is 9.47 Å². The predicted molar refractivity (Wildman–Crippen MR) is 382 cm³/mol. The molecule has 27 heteroatoms. The van der Waals surface area contributed by atoms with Gasteiger partial charge in [0.25, 0.3) is 0 Å². The molecule has 0 saturated carbocycles. The van der Waals surface area contributed by atoms with Gasteiger partial charge in [-0.2, -0.15) is 30.6 Å². The lowest BCUT2D eigenvalue weighted by atomic mass is 10.1. The van der Waals surface area contributed by atoms with E-state index in [-0.39, 0.29) is 12.5 Å². The zero-order chi connectivity index (χ0) is 66.0. The summed E-state index contributed by atoms with van der Waals surface area (Å²) < 4.78 is 22.3. The van der Waals surface area contributed by atoms with Gasteiger partial charge in [0.15, 0.2) is 29.9 Å². The van der Waals surface area contributed by atoms with Gasteiger partial charge >= 0.3 is 0 Å². The number of ether oxygens (including phenoxy) is 2. The van der Waals surface area contributed by atoms with Crippen LogP contribution in [0.25, 0.3) is 99.2 Å². The second kappa shape index (κ2) is 29.2. The van der Waals surface area contributed by atoms with E-state index in [0.717, 1.165) is 162 Å². The fourth-order valence-corrected chi connectivity index (χ4v) is 12.4. The number of aromatic amines is 1. The molecule has 11 N–H and O–H groups in total. The average Bonchev–Trinajstić information content (AvgIpc) is 1.70. The highest BCUT2D eigenvalue weighted by Gasteiger charge is 2.23. The van der Waals surface area contributed by atoms with Crippen LogP contribution < -0.4 is 33.6 Å². The van der Waals surface area contributed by atoms with Crippen molar-refractivity contribution >= 4 is 110 Å². The highest BCUT2D eigenvalue weighted by molar-refractivity contribution is 9.10. The number of rotatable bonds is 15. The summed E-state index contributed by atoms with van der Waals surface area (Å²) in [7, 11) is 0. The van der Waals surface area contributed by atoms with Gasteiger partial charge in [-0.05, 0) is 127 Å². The number of fused-ring (bicyclic) bond motifs is 9. The van der Waals surface area contributed by atoms with Gasteiger partial charge in [0.2, 0.25) is 0 Å². The van der Waals surface area contributed by atoms with Crippen LogP contribution in [0.15, 0.2) is 188 Å². The van der Waals surface area contributed by atoms with Gasteiger partial charge in [-0.15, -0.1) is 0 Å². The van der Waals surface area contributed by atoms with Gasteiger partial charge in [-0.3, -0.25) is 19.1 Å². The van der Waals surface area contributed by atoms with Gasteiger partial charge in [-0.25, -0.2) is 39.3 Å². The maximum absolute atomic E-state index is 6.32. The van der Waals surface area contributed by atoms with E-state index < -0.39 is 0 Å². The van der Waals surface area contributed by atoms with Gasteiger partial charge in [0.05, 0.1) is 53.3 Å². The number of halogens is 1. The molecule has 2 atom stereocenters. The van der Waals surface area contributed by atoms with Crippen molar-refractivity contribution in [3.05, 3.63) is 188 Å². The zero-order valence-corrected chi connectivity index (χ0v) is 54.6. The number of pyridine rings is 6. The summed E-state index contributed by atoms with van der Waals surface area (Å²) in [4.78, 5) is 26.3. The summed E-state index contributed by atoms with van der Waals surface area (Å²) in [6.07, 6.45) is 23.1. The van der Waals surface area contributed by atoms with Crippen LogP contribution in [0.3, 0.4) is 0 Å². The van der Waals surface area contributed by atoms with Crippen molar-refractivity contribution in [1.29, 1.82) is 0 Å². The third kappa shape index (κ3) is 14.3. The molecule has 490 valence electrons. The Hall–Kier alpha value is -11.3. The summed E-state index contributed by atoms with van der Waals surface area (Å²) in [5.41, 5.74) is 35.1. The first-order chi connectivity index (χ1) is 47.7. The molecule has 14 heterocycles. The van der Waals surface area contributed by atoms with Crippen LogP contribution in [0.4, 0.5) is 29.1 Å². The van der Waals surface area contributed by atoms with Crippen LogP contribution in [0.5, 0.6) is 0 Å². The highest BCUT2D eigenvalue weighted by atomic mass is 79.9. The van der Waals surface area contributed by atoms with Crippen molar-refractivity contribution in [2.24, 2.45) is 5.73 Å². The smallest absolute Gasteiger partial charge is 0.152 e. The lowest BCUT2D eigenvalue weighted by Gasteiger charge is -2.24. The fourth-order valence-electron chi connectivity index (χ4n) is 12.2. The van der Waals surface area contributed by atoms with Crippen LogP contribution in [-0.2, 0) is 29.1 Å². The number of nitrogens with one attached hydrogen (secondary N) is 3. The molecule has 0 spiro atoms. The van der Waals surface area contributed by atoms with E-state index in [1.54, 1.807) is 24.8 Å². The molecule has 3 aromatic carbocycles. The van der Waals surface area contributed by atoms with Crippen molar-refractivity contribution in [2.45, 2.75) is 70.6 Å². The minimum atomic E-state index is -0.0205. The molecule has 2 fully saturated rings. The molecule has 2 unspecified atom stereocenters. The summed E-state index contributed by atoms with van der Waals surface area (Å²) >= 11 is 3.20. The molecule has 26 nitrogen and oxygen atoms in total.